The molecule has 0 amide bonds. The van der Waals surface area contributed by atoms with E-state index in [1.807, 2.05) is 6.07 Å². The first-order valence-corrected chi connectivity index (χ1v) is 5.21. The van der Waals surface area contributed by atoms with Crippen molar-refractivity contribution >= 4 is 7.32 Å². The second-order valence-corrected chi connectivity index (χ2v) is 4.24. The van der Waals surface area contributed by atoms with Crippen molar-refractivity contribution in [1.29, 1.82) is 0 Å². The molecule has 0 aliphatic heterocycles. The van der Waals surface area contributed by atoms with Gasteiger partial charge in [0.15, 0.2) is 0 Å². The molecule has 0 aromatic heterocycles. The number of aliphatic hydroxyl groups excluding tert-OH is 2. The molecule has 0 atom stereocenters. The van der Waals surface area contributed by atoms with Crippen LogP contribution >= 0.6 is 0 Å². The van der Waals surface area contributed by atoms with Crippen LogP contribution < -0.4 is 4.65 Å². The third-order valence-electron chi connectivity index (χ3n) is 1.84. The van der Waals surface area contributed by atoms with Crippen LogP contribution in [0.1, 0.15) is 13.8 Å². The van der Waals surface area contributed by atoms with Gasteiger partial charge in [-0.1, -0.05) is 32.0 Å². The number of rotatable bonds is 4. The lowest BCUT2D eigenvalue weighted by atomic mass is 9.97. The van der Waals surface area contributed by atoms with Crippen LogP contribution in [0.25, 0.3) is 0 Å². The highest BCUT2D eigenvalue weighted by molar-refractivity contribution is 6.33. The molecule has 0 aliphatic rings. The molecule has 4 N–H and O–H groups in total. The maximum Gasteiger partial charge on any atom is 0.707 e. The average Bonchev–Trinajstić information content (AvgIpc) is 2.30. The summed E-state index contributed by atoms with van der Waals surface area (Å²) in [5.41, 5.74) is -0.306. The highest BCUT2D eigenvalue weighted by Gasteiger charge is 2.13. The summed E-state index contributed by atoms with van der Waals surface area (Å²) in [5.74, 6) is 0.442. The normalized spacial score (nSPS) is 10.2. The van der Waals surface area contributed by atoms with Crippen LogP contribution in [0.15, 0.2) is 30.3 Å². The van der Waals surface area contributed by atoms with Gasteiger partial charge in [-0.2, -0.15) is 0 Å². The molecule has 0 spiro atoms. The number of para-hydroxylation sites is 1. The number of hydrogen-bond acceptors (Lipinski definition) is 5. The third-order valence-corrected chi connectivity index (χ3v) is 1.84. The van der Waals surface area contributed by atoms with Crippen LogP contribution in [0.2, 0.25) is 0 Å². The molecular weight excluding hydrogens is 223 g/mol. The molecule has 0 fully saturated rings. The maximum absolute atomic E-state index is 8.43. The van der Waals surface area contributed by atoms with Gasteiger partial charge < -0.3 is 24.9 Å². The zero-order chi connectivity index (χ0) is 13.3. The Morgan fingerprint density at radius 2 is 1.53 bits per heavy atom. The van der Waals surface area contributed by atoms with E-state index < -0.39 is 7.32 Å². The molecule has 1 aromatic carbocycles. The van der Waals surface area contributed by atoms with Crippen LogP contribution in [0.3, 0.4) is 0 Å². The summed E-state index contributed by atoms with van der Waals surface area (Å²) in [6.45, 7) is 3.69. The van der Waals surface area contributed by atoms with E-state index in [2.05, 4.69) is 4.65 Å². The van der Waals surface area contributed by atoms with Crippen molar-refractivity contribution in [3.8, 4) is 5.75 Å². The van der Waals surface area contributed by atoms with Gasteiger partial charge in [-0.3, -0.25) is 0 Å². The van der Waals surface area contributed by atoms with E-state index in [-0.39, 0.29) is 18.6 Å². The van der Waals surface area contributed by atoms with Gasteiger partial charge in [0.1, 0.15) is 5.75 Å². The molecule has 0 unspecified atom stereocenters. The van der Waals surface area contributed by atoms with Gasteiger partial charge in [0.05, 0.1) is 13.2 Å². The van der Waals surface area contributed by atoms with Gasteiger partial charge in [0, 0.05) is 5.41 Å². The smallest absolute Gasteiger partial charge is 0.512 e. The SMILES string of the molecule is CC(C)(CO)CO.OB(O)Oc1ccccc1. The quantitative estimate of drug-likeness (QED) is 0.559. The number of benzene rings is 1. The van der Waals surface area contributed by atoms with E-state index in [0.717, 1.165) is 0 Å². The summed E-state index contributed by atoms with van der Waals surface area (Å²) in [6, 6.07) is 8.59. The minimum absolute atomic E-state index is 0.0451. The van der Waals surface area contributed by atoms with E-state index in [4.69, 9.17) is 20.3 Å². The Hall–Kier alpha value is -1.08. The zero-order valence-electron chi connectivity index (χ0n) is 10.1. The molecule has 1 aromatic rings. The molecule has 0 heterocycles. The van der Waals surface area contributed by atoms with Gasteiger partial charge in [-0.15, -0.1) is 0 Å². The average molecular weight is 242 g/mol. The number of aliphatic hydroxyl groups is 2. The molecule has 96 valence electrons. The van der Waals surface area contributed by atoms with Crippen molar-refractivity contribution in [2.75, 3.05) is 13.2 Å². The summed E-state index contributed by atoms with van der Waals surface area (Å²) in [5, 5.41) is 33.5. The Labute approximate surface area is 101 Å². The first kappa shape index (κ1) is 15.9. The monoisotopic (exact) mass is 242 g/mol. The topological polar surface area (TPSA) is 90.2 Å². The molecule has 0 saturated carbocycles. The lowest BCUT2D eigenvalue weighted by Gasteiger charge is -2.16. The first-order chi connectivity index (χ1) is 7.91. The number of hydrogen-bond donors (Lipinski definition) is 4. The van der Waals surface area contributed by atoms with Gasteiger partial charge in [-0.25, -0.2) is 0 Å². The predicted octanol–water partition coefficient (Wildman–Crippen LogP) is 0.0321. The molecule has 0 radical (unpaired) electrons. The Kier molecular flexibility index (Phi) is 7.57. The summed E-state index contributed by atoms with van der Waals surface area (Å²) in [4.78, 5) is 0. The fourth-order valence-electron chi connectivity index (χ4n) is 0.671. The summed E-state index contributed by atoms with van der Waals surface area (Å²) in [6.07, 6.45) is 0. The fraction of sp³-hybridized carbons (Fsp3) is 0.455. The lowest BCUT2D eigenvalue weighted by Crippen LogP contribution is -2.20. The van der Waals surface area contributed by atoms with E-state index in [1.165, 1.54) is 0 Å². The van der Waals surface area contributed by atoms with E-state index >= 15 is 0 Å². The second kappa shape index (κ2) is 8.08. The Balaban J connectivity index is 0.000000325. The van der Waals surface area contributed by atoms with Crippen LogP contribution in [0.5, 0.6) is 5.75 Å². The molecule has 6 heteroatoms. The molecule has 1 rings (SSSR count). The van der Waals surface area contributed by atoms with Crippen LogP contribution in [-0.4, -0.2) is 40.8 Å². The van der Waals surface area contributed by atoms with Crippen molar-refractivity contribution in [1.82, 2.24) is 0 Å². The van der Waals surface area contributed by atoms with Crippen LogP contribution in [0.4, 0.5) is 0 Å². The van der Waals surface area contributed by atoms with E-state index in [9.17, 15) is 0 Å². The molecule has 17 heavy (non-hydrogen) atoms. The molecule has 0 bridgehead atoms. The fourth-order valence-corrected chi connectivity index (χ4v) is 0.671. The van der Waals surface area contributed by atoms with Gasteiger partial charge in [0.25, 0.3) is 0 Å². The predicted molar refractivity (Wildman–Crippen MR) is 65.2 cm³/mol. The van der Waals surface area contributed by atoms with Crippen LogP contribution in [0, 0.1) is 5.41 Å². The maximum atomic E-state index is 8.43. The third kappa shape index (κ3) is 8.70. The van der Waals surface area contributed by atoms with Crippen molar-refractivity contribution in [2.24, 2.45) is 5.41 Å². The highest BCUT2D eigenvalue weighted by Crippen LogP contribution is 2.10. The zero-order valence-corrected chi connectivity index (χ0v) is 10.1. The van der Waals surface area contributed by atoms with Gasteiger partial charge in [0.2, 0.25) is 0 Å². The molecule has 0 saturated heterocycles. The molecular formula is C11H19BO5. The minimum atomic E-state index is -1.73. The first-order valence-electron chi connectivity index (χ1n) is 5.21. The van der Waals surface area contributed by atoms with E-state index in [1.54, 1.807) is 38.1 Å². The molecule has 5 nitrogen and oxygen atoms in total. The van der Waals surface area contributed by atoms with Crippen molar-refractivity contribution in [3.05, 3.63) is 30.3 Å². The Bertz CT molecular complexity index is 283. The van der Waals surface area contributed by atoms with Crippen molar-refractivity contribution < 1.29 is 24.9 Å². The van der Waals surface area contributed by atoms with E-state index in [0.29, 0.717) is 5.75 Å². The lowest BCUT2D eigenvalue weighted by molar-refractivity contribution is 0.0857. The standard InChI is InChI=1S/C6H7BO3.C5H12O2/c8-7(9)10-6-4-2-1-3-5-6;1-5(2,3-6)4-7/h1-5,8-9H;6-7H,3-4H2,1-2H3. The summed E-state index contributed by atoms with van der Waals surface area (Å²) in [7, 11) is -1.73. The Morgan fingerprint density at radius 1 is 1.06 bits per heavy atom. The van der Waals surface area contributed by atoms with Crippen molar-refractivity contribution in [2.45, 2.75) is 13.8 Å². The van der Waals surface area contributed by atoms with Gasteiger partial charge in [-0.05, 0) is 12.1 Å². The minimum Gasteiger partial charge on any atom is -0.512 e. The summed E-state index contributed by atoms with van der Waals surface area (Å²) >= 11 is 0. The van der Waals surface area contributed by atoms with Crippen molar-refractivity contribution in [3.63, 3.8) is 0 Å². The largest absolute Gasteiger partial charge is 0.707 e. The van der Waals surface area contributed by atoms with Gasteiger partial charge >= 0.3 is 7.32 Å². The second-order valence-electron chi connectivity index (χ2n) is 4.24. The highest BCUT2D eigenvalue weighted by atomic mass is 16.6. The van der Waals surface area contributed by atoms with Crippen LogP contribution in [-0.2, 0) is 0 Å². The molecule has 0 aliphatic carbocycles. The summed E-state index contributed by atoms with van der Waals surface area (Å²) < 4.78 is 4.53. The Morgan fingerprint density at radius 3 is 1.82 bits per heavy atom.